The van der Waals surface area contributed by atoms with Gasteiger partial charge in [-0.15, -0.1) is 0 Å². The Kier molecular flexibility index (Phi) is 6.92. The van der Waals surface area contributed by atoms with Gasteiger partial charge in [-0.25, -0.2) is 8.78 Å². The van der Waals surface area contributed by atoms with E-state index in [0.29, 0.717) is 5.56 Å². The second kappa shape index (κ2) is 9.61. The molecule has 0 spiro atoms. The summed E-state index contributed by atoms with van der Waals surface area (Å²) in [5.41, 5.74) is 3.15. The van der Waals surface area contributed by atoms with Gasteiger partial charge in [0.15, 0.2) is 17.4 Å². The largest absolute Gasteiger partial charge is 0.357 e. The summed E-state index contributed by atoms with van der Waals surface area (Å²) in [5.74, 6) is -3.41. The summed E-state index contributed by atoms with van der Waals surface area (Å²) in [6.07, 6.45) is 4.12. The molecule has 1 aliphatic carbocycles. The molecule has 30 heavy (non-hydrogen) atoms. The molecule has 0 bridgehead atoms. The van der Waals surface area contributed by atoms with Crippen molar-refractivity contribution < 1.29 is 23.2 Å². The molecule has 1 aliphatic rings. The van der Waals surface area contributed by atoms with E-state index in [9.17, 15) is 23.2 Å². The smallest absolute Gasteiger partial charge is 0.246 e. The molecule has 2 aromatic rings. The number of amides is 2. The lowest BCUT2D eigenvalue weighted by atomic mass is 9.89. The third-order valence-corrected chi connectivity index (χ3v) is 5.34. The minimum atomic E-state index is -1.18. The third-order valence-electron chi connectivity index (χ3n) is 5.34. The normalized spacial score (nSPS) is 13.8. The molecule has 158 valence electrons. The molecule has 2 aromatic carbocycles. The van der Waals surface area contributed by atoms with Crippen LogP contribution in [0, 0.1) is 11.6 Å². The van der Waals surface area contributed by atoms with Crippen molar-refractivity contribution in [3.8, 4) is 0 Å². The third kappa shape index (κ3) is 5.09. The van der Waals surface area contributed by atoms with Gasteiger partial charge >= 0.3 is 0 Å². The summed E-state index contributed by atoms with van der Waals surface area (Å²) in [4.78, 5) is 37.0. The molecule has 1 atom stereocenters. The van der Waals surface area contributed by atoms with Crippen molar-refractivity contribution in [3.05, 3.63) is 70.3 Å². The Hall–Kier alpha value is -3.09. The van der Waals surface area contributed by atoms with Crippen molar-refractivity contribution in [2.24, 2.45) is 0 Å². The van der Waals surface area contributed by atoms with Gasteiger partial charge in [0, 0.05) is 25.5 Å². The van der Waals surface area contributed by atoms with E-state index in [2.05, 4.69) is 10.6 Å². The van der Waals surface area contributed by atoms with E-state index >= 15 is 0 Å². The van der Waals surface area contributed by atoms with Gasteiger partial charge in [-0.2, -0.15) is 0 Å². The Morgan fingerprint density at radius 2 is 1.67 bits per heavy atom. The number of likely N-dealkylation sites (N-methyl/N-ethyl adjacent to an activating group) is 1. The second-order valence-electron chi connectivity index (χ2n) is 7.40. The average molecular weight is 414 g/mol. The lowest BCUT2D eigenvalue weighted by Crippen LogP contribution is -2.39. The van der Waals surface area contributed by atoms with Gasteiger partial charge in [0.25, 0.3) is 0 Å². The van der Waals surface area contributed by atoms with E-state index < -0.39 is 29.5 Å². The van der Waals surface area contributed by atoms with Crippen LogP contribution in [0.25, 0.3) is 0 Å². The van der Waals surface area contributed by atoms with Gasteiger partial charge in [-0.1, -0.05) is 18.2 Å². The van der Waals surface area contributed by atoms with Gasteiger partial charge in [-0.3, -0.25) is 14.4 Å². The zero-order valence-corrected chi connectivity index (χ0v) is 16.8. The number of rotatable bonds is 7. The molecule has 0 aromatic heterocycles. The first-order valence-corrected chi connectivity index (χ1v) is 10.00. The monoisotopic (exact) mass is 414 g/mol. The summed E-state index contributed by atoms with van der Waals surface area (Å²) < 4.78 is 26.7. The summed E-state index contributed by atoms with van der Waals surface area (Å²) in [6, 6.07) is 7.49. The Balaban J connectivity index is 1.63. The maximum Gasteiger partial charge on any atom is 0.246 e. The molecule has 0 aliphatic heterocycles. The summed E-state index contributed by atoms with van der Waals surface area (Å²) >= 11 is 0. The van der Waals surface area contributed by atoms with Gasteiger partial charge in [0.2, 0.25) is 11.8 Å². The standard InChI is InChI=1S/C23H24F2N2O3/c1-26-23(30)22(17-8-9-18(24)19(25)13-17)27-21(29)11-10-20(28)16-7-6-14-4-2-3-5-15(14)12-16/h6-9,12-13,22H,2-5,10-11H2,1H3,(H,26,30)(H,27,29). The van der Waals surface area contributed by atoms with Crippen molar-refractivity contribution >= 4 is 17.6 Å². The van der Waals surface area contributed by atoms with Crippen molar-refractivity contribution in [1.82, 2.24) is 10.6 Å². The maximum absolute atomic E-state index is 13.5. The number of aryl methyl sites for hydroxylation is 2. The van der Waals surface area contributed by atoms with E-state index in [1.165, 1.54) is 24.2 Å². The SMILES string of the molecule is CNC(=O)C(NC(=O)CCC(=O)c1ccc2c(c1)CCCC2)c1ccc(F)c(F)c1. The average Bonchev–Trinajstić information content (AvgIpc) is 2.76. The topological polar surface area (TPSA) is 75.3 Å². The fourth-order valence-electron chi connectivity index (χ4n) is 3.65. The Morgan fingerprint density at radius 1 is 0.933 bits per heavy atom. The molecule has 3 rings (SSSR count). The van der Waals surface area contributed by atoms with Crippen LogP contribution in [0.3, 0.4) is 0 Å². The van der Waals surface area contributed by atoms with E-state index in [4.69, 9.17) is 0 Å². The van der Waals surface area contributed by atoms with Crippen LogP contribution in [0.2, 0.25) is 0 Å². The van der Waals surface area contributed by atoms with E-state index in [-0.39, 0.29) is 24.2 Å². The van der Waals surface area contributed by atoms with Crippen LogP contribution in [0.1, 0.15) is 58.8 Å². The number of benzene rings is 2. The molecule has 1 unspecified atom stereocenters. The van der Waals surface area contributed by atoms with E-state index in [1.807, 2.05) is 12.1 Å². The van der Waals surface area contributed by atoms with Crippen LogP contribution in [0.15, 0.2) is 36.4 Å². The molecule has 2 N–H and O–H groups in total. The molecule has 0 fully saturated rings. The molecule has 0 heterocycles. The Morgan fingerprint density at radius 3 is 2.37 bits per heavy atom. The first kappa shape index (κ1) is 21.6. The van der Waals surface area contributed by atoms with Crippen LogP contribution in [-0.2, 0) is 22.4 Å². The van der Waals surface area contributed by atoms with Gasteiger partial charge in [0.1, 0.15) is 6.04 Å². The first-order valence-electron chi connectivity index (χ1n) is 10.00. The number of carbonyl (C=O) groups is 3. The molecular formula is C23H24F2N2O3. The predicted molar refractivity (Wildman–Crippen MR) is 108 cm³/mol. The summed E-state index contributed by atoms with van der Waals surface area (Å²) in [7, 11) is 1.38. The Labute approximate surface area is 173 Å². The van der Waals surface area contributed by atoms with Crippen LogP contribution in [0.4, 0.5) is 8.78 Å². The fraction of sp³-hybridized carbons (Fsp3) is 0.348. The molecule has 0 saturated carbocycles. The highest BCUT2D eigenvalue weighted by atomic mass is 19.2. The molecule has 0 saturated heterocycles. The Bertz CT molecular complexity index is 975. The first-order chi connectivity index (χ1) is 14.4. The van der Waals surface area contributed by atoms with Crippen molar-refractivity contribution in [2.45, 2.75) is 44.6 Å². The van der Waals surface area contributed by atoms with Crippen molar-refractivity contribution in [2.75, 3.05) is 7.05 Å². The highest BCUT2D eigenvalue weighted by molar-refractivity contribution is 5.98. The van der Waals surface area contributed by atoms with Gasteiger partial charge in [-0.05, 0) is 60.6 Å². The minimum Gasteiger partial charge on any atom is -0.357 e. The molecule has 2 amide bonds. The molecule has 0 radical (unpaired) electrons. The number of Topliss-reactive ketones (excluding diaryl/α,β-unsaturated/α-hetero) is 1. The number of halogens is 2. The molecular weight excluding hydrogens is 390 g/mol. The summed E-state index contributed by atoms with van der Waals surface area (Å²) in [6.45, 7) is 0. The van der Waals surface area contributed by atoms with Crippen LogP contribution >= 0.6 is 0 Å². The maximum atomic E-state index is 13.5. The zero-order valence-electron chi connectivity index (χ0n) is 16.8. The number of carbonyl (C=O) groups excluding carboxylic acids is 3. The number of hydrogen-bond donors (Lipinski definition) is 2. The van der Waals surface area contributed by atoms with Gasteiger partial charge in [0.05, 0.1) is 0 Å². The van der Waals surface area contributed by atoms with Crippen molar-refractivity contribution in [3.63, 3.8) is 0 Å². The summed E-state index contributed by atoms with van der Waals surface area (Å²) in [5, 5.41) is 4.88. The lowest BCUT2D eigenvalue weighted by molar-refractivity contribution is -0.128. The van der Waals surface area contributed by atoms with Crippen molar-refractivity contribution in [1.29, 1.82) is 0 Å². The van der Waals surface area contributed by atoms with Gasteiger partial charge < -0.3 is 10.6 Å². The van der Waals surface area contributed by atoms with Crippen LogP contribution in [-0.4, -0.2) is 24.6 Å². The fourth-order valence-corrected chi connectivity index (χ4v) is 3.65. The quantitative estimate of drug-likeness (QED) is 0.682. The lowest BCUT2D eigenvalue weighted by Gasteiger charge is -2.18. The predicted octanol–water partition coefficient (Wildman–Crippen LogP) is 3.41. The highest BCUT2D eigenvalue weighted by Crippen LogP contribution is 2.23. The zero-order chi connectivity index (χ0) is 21.7. The van der Waals surface area contributed by atoms with E-state index in [1.54, 1.807) is 6.07 Å². The number of ketones is 1. The second-order valence-corrected chi connectivity index (χ2v) is 7.40. The molecule has 7 heteroatoms. The highest BCUT2D eigenvalue weighted by Gasteiger charge is 2.23. The minimum absolute atomic E-state index is 0.0110. The van der Waals surface area contributed by atoms with Crippen LogP contribution in [0.5, 0.6) is 0 Å². The van der Waals surface area contributed by atoms with Crippen LogP contribution < -0.4 is 10.6 Å². The molecule has 5 nitrogen and oxygen atoms in total. The number of nitrogens with one attached hydrogen (secondary N) is 2. The number of hydrogen-bond acceptors (Lipinski definition) is 3. The number of fused-ring (bicyclic) bond motifs is 1. The van der Waals surface area contributed by atoms with E-state index in [0.717, 1.165) is 37.8 Å².